The van der Waals surface area contributed by atoms with Crippen LogP contribution >= 0.6 is 23.4 Å². The van der Waals surface area contributed by atoms with Gasteiger partial charge >= 0.3 is 0 Å². The quantitative estimate of drug-likeness (QED) is 0.302. The zero-order valence-corrected chi connectivity index (χ0v) is 22.9. The second-order valence-corrected chi connectivity index (χ2v) is 11.2. The predicted octanol–water partition coefficient (Wildman–Crippen LogP) is 6.58. The average molecular weight is 535 g/mol. The van der Waals surface area contributed by atoms with Gasteiger partial charge in [-0.1, -0.05) is 96.7 Å². The molecular formula is C31H35ClN2O2S. The number of thioether (sulfide) groups is 1. The Balaban J connectivity index is 1.55. The highest BCUT2D eigenvalue weighted by atomic mass is 35.5. The first kappa shape index (κ1) is 27.3. The largest absolute Gasteiger partial charge is 0.352 e. The van der Waals surface area contributed by atoms with Crippen LogP contribution in [0.5, 0.6) is 0 Å². The SMILES string of the molecule is Cc1ccc(CSCC(=O)N(Cc2ccc(Cl)cc2)C(Cc2ccccc2)C(=O)NC2CCCC2)cc1. The number of carbonyl (C=O) groups is 2. The third-order valence-corrected chi connectivity index (χ3v) is 8.09. The monoisotopic (exact) mass is 534 g/mol. The summed E-state index contributed by atoms with van der Waals surface area (Å²) in [6, 6.07) is 25.5. The van der Waals surface area contributed by atoms with Crippen LogP contribution in [-0.4, -0.2) is 34.6 Å². The highest BCUT2D eigenvalue weighted by Crippen LogP contribution is 2.22. The van der Waals surface area contributed by atoms with Crippen LogP contribution in [0.3, 0.4) is 0 Å². The van der Waals surface area contributed by atoms with Gasteiger partial charge in [0.25, 0.3) is 0 Å². The van der Waals surface area contributed by atoms with Gasteiger partial charge in [0.05, 0.1) is 5.75 Å². The zero-order valence-electron chi connectivity index (χ0n) is 21.4. The second kappa shape index (κ2) is 13.7. The van der Waals surface area contributed by atoms with E-state index in [2.05, 4.69) is 36.5 Å². The first-order chi connectivity index (χ1) is 18.0. The predicted molar refractivity (Wildman–Crippen MR) is 154 cm³/mol. The van der Waals surface area contributed by atoms with E-state index in [4.69, 9.17) is 11.6 Å². The molecule has 6 heteroatoms. The fourth-order valence-corrected chi connectivity index (χ4v) is 5.73. The molecule has 0 bridgehead atoms. The standard InChI is InChI=1S/C31H35ClN2O2S/c1-23-11-13-26(14-12-23)21-37-22-30(35)34(20-25-15-17-27(32)18-16-25)29(19-24-7-3-2-4-8-24)31(36)33-28-9-5-6-10-28/h2-4,7-8,11-18,28-29H,5-6,9-10,19-22H2,1H3,(H,33,36). The molecule has 0 spiro atoms. The van der Waals surface area contributed by atoms with E-state index in [-0.39, 0.29) is 17.9 Å². The Labute approximate surface area is 229 Å². The molecule has 194 valence electrons. The molecule has 2 amide bonds. The molecule has 0 heterocycles. The van der Waals surface area contributed by atoms with Gasteiger partial charge in [-0.05, 0) is 48.6 Å². The summed E-state index contributed by atoms with van der Waals surface area (Å²) in [5.41, 5.74) is 4.40. The molecule has 0 aromatic heterocycles. The van der Waals surface area contributed by atoms with E-state index in [0.717, 1.165) is 42.6 Å². The summed E-state index contributed by atoms with van der Waals surface area (Å²) in [5, 5.41) is 3.90. The zero-order chi connectivity index (χ0) is 26.0. The molecule has 0 radical (unpaired) electrons. The lowest BCUT2D eigenvalue weighted by Crippen LogP contribution is -2.52. The van der Waals surface area contributed by atoms with E-state index in [1.807, 2.05) is 54.6 Å². The molecule has 1 fully saturated rings. The van der Waals surface area contributed by atoms with Crippen molar-refractivity contribution >= 4 is 35.2 Å². The number of nitrogens with one attached hydrogen (secondary N) is 1. The van der Waals surface area contributed by atoms with Gasteiger partial charge in [0, 0.05) is 29.8 Å². The molecule has 4 nitrogen and oxygen atoms in total. The summed E-state index contributed by atoms with van der Waals surface area (Å²) in [6.07, 6.45) is 4.75. The lowest BCUT2D eigenvalue weighted by Gasteiger charge is -2.32. The van der Waals surface area contributed by atoms with Crippen LogP contribution in [-0.2, 0) is 28.3 Å². The summed E-state index contributed by atoms with van der Waals surface area (Å²) >= 11 is 7.70. The minimum absolute atomic E-state index is 0.0328. The van der Waals surface area contributed by atoms with Crippen molar-refractivity contribution in [3.05, 3.63) is 106 Å². The molecule has 1 saturated carbocycles. The highest BCUT2D eigenvalue weighted by molar-refractivity contribution is 7.99. The van der Waals surface area contributed by atoms with Gasteiger partial charge in [0.15, 0.2) is 0 Å². The Bertz CT molecular complexity index is 1150. The number of hydrogen-bond donors (Lipinski definition) is 1. The van der Waals surface area contributed by atoms with Gasteiger partial charge in [-0.25, -0.2) is 0 Å². The van der Waals surface area contributed by atoms with Gasteiger partial charge in [-0.2, -0.15) is 0 Å². The van der Waals surface area contributed by atoms with Gasteiger partial charge in [0.1, 0.15) is 6.04 Å². The maximum Gasteiger partial charge on any atom is 0.243 e. The number of nitrogens with zero attached hydrogens (tertiary/aromatic N) is 1. The van der Waals surface area contributed by atoms with Crippen LogP contribution in [0.4, 0.5) is 0 Å². The van der Waals surface area contributed by atoms with Crippen LogP contribution in [0.2, 0.25) is 5.02 Å². The van der Waals surface area contributed by atoms with Crippen molar-refractivity contribution in [3.8, 4) is 0 Å². The number of hydrogen-bond acceptors (Lipinski definition) is 3. The third-order valence-electron chi connectivity index (χ3n) is 6.85. The van der Waals surface area contributed by atoms with Crippen LogP contribution in [0, 0.1) is 6.92 Å². The highest BCUT2D eigenvalue weighted by Gasteiger charge is 2.32. The fraction of sp³-hybridized carbons (Fsp3) is 0.355. The third kappa shape index (κ3) is 8.37. The van der Waals surface area contributed by atoms with Crippen molar-refractivity contribution in [2.45, 2.75) is 63.4 Å². The topological polar surface area (TPSA) is 49.4 Å². The Morgan fingerprint density at radius 1 is 0.919 bits per heavy atom. The van der Waals surface area contributed by atoms with E-state index in [0.29, 0.717) is 23.7 Å². The molecule has 0 aliphatic heterocycles. The molecule has 1 N–H and O–H groups in total. The Morgan fingerprint density at radius 2 is 1.57 bits per heavy atom. The maximum absolute atomic E-state index is 13.7. The fourth-order valence-electron chi connectivity index (χ4n) is 4.73. The number of halogens is 1. The summed E-state index contributed by atoms with van der Waals surface area (Å²) < 4.78 is 0. The number of carbonyl (C=O) groups excluding carboxylic acids is 2. The van der Waals surface area contributed by atoms with E-state index in [9.17, 15) is 9.59 Å². The lowest BCUT2D eigenvalue weighted by molar-refractivity contribution is -0.139. The molecule has 0 saturated heterocycles. The number of aryl methyl sites for hydroxylation is 1. The molecule has 3 aromatic rings. The second-order valence-electron chi connectivity index (χ2n) is 9.82. The normalized spacial score (nSPS) is 14.3. The van der Waals surface area contributed by atoms with Gasteiger partial charge in [-0.15, -0.1) is 11.8 Å². The van der Waals surface area contributed by atoms with E-state index in [1.165, 1.54) is 11.1 Å². The van der Waals surface area contributed by atoms with Crippen molar-refractivity contribution in [1.82, 2.24) is 10.2 Å². The number of amides is 2. The minimum atomic E-state index is -0.592. The average Bonchev–Trinajstić information content (AvgIpc) is 3.42. The van der Waals surface area contributed by atoms with Gasteiger partial charge in [-0.3, -0.25) is 9.59 Å². The molecule has 1 unspecified atom stereocenters. The summed E-state index contributed by atoms with van der Waals surface area (Å²) in [4.78, 5) is 29.2. The van der Waals surface area contributed by atoms with Crippen LogP contribution < -0.4 is 5.32 Å². The summed E-state index contributed by atoms with van der Waals surface area (Å²) in [7, 11) is 0. The number of rotatable bonds is 11. The van der Waals surface area contributed by atoms with Crippen molar-refractivity contribution in [2.75, 3.05) is 5.75 Å². The Hall–Kier alpha value is -2.76. The molecular weight excluding hydrogens is 500 g/mol. The van der Waals surface area contributed by atoms with Gasteiger partial charge in [0.2, 0.25) is 11.8 Å². The smallest absolute Gasteiger partial charge is 0.243 e. The van der Waals surface area contributed by atoms with E-state index < -0.39 is 6.04 Å². The Morgan fingerprint density at radius 3 is 2.24 bits per heavy atom. The lowest BCUT2D eigenvalue weighted by atomic mass is 10.0. The molecule has 3 aromatic carbocycles. The summed E-state index contributed by atoms with van der Waals surface area (Å²) in [6.45, 7) is 2.43. The maximum atomic E-state index is 13.7. The van der Waals surface area contributed by atoms with Gasteiger partial charge < -0.3 is 10.2 Å². The van der Waals surface area contributed by atoms with Crippen LogP contribution in [0.1, 0.15) is 47.9 Å². The first-order valence-electron chi connectivity index (χ1n) is 13.0. The molecule has 1 atom stereocenters. The van der Waals surface area contributed by atoms with Crippen molar-refractivity contribution in [3.63, 3.8) is 0 Å². The molecule has 1 aliphatic carbocycles. The number of benzene rings is 3. The van der Waals surface area contributed by atoms with Crippen molar-refractivity contribution in [1.29, 1.82) is 0 Å². The molecule has 1 aliphatic rings. The van der Waals surface area contributed by atoms with Crippen molar-refractivity contribution in [2.24, 2.45) is 0 Å². The Kier molecular flexibility index (Phi) is 10.1. The van der Waals surface area contributed by atoms with Crippen LogP contribution in [0.15, 0.2) is 78.9 Å². The summed E-state index contributed by atoms with van der Waals surface area (Å²) in [5.74, 6) is 0.957. The molecule has 4 rings (SSSR count). The van der Waals surface area contributed by atoms with Crippen molar-refractivity contribution < 1.29 is 9.59 Å². The van der Waals surface area contributed by atoms with E-state index in [1.54, 1.807) is 16.7 Å². The van der Waals surface area contributed by atoms with E-state index >= 15 is 0 Å². The molecule has 37 heavy (non-hydrogen) atoms. The first-order valence-corrected chi connectivity index (χ1v) is 14.5. The van der Waals surface area contributed by atoms with Crippen LogP contribution in [0.25, 0.3) is 0 Å². The minimum Gasteiger partial charge on any atom is -0.352 e.